The van der Waals surface area contributed by atoms with Crippen LogP contribution in [0.5, 0.6) is 0 Å². The second-order valence-electron chi connectivity index (χ2n) is 3.57. The predicted octanol–water partition coefficient (Wildman–Crippen LogP) is 0.662. The lowest BCUT2D eigenvalue weighted by atomic mass is 10.1. The van der Waals surface area contributed by atoms with E-state index in [-0.39, 0.29) is 16.8 Å². The van der Waals surface area contributed by atoms with Gasteiger partial charge >= 0.3 is 17.9 Å². The molecule has 1 amide bonds. The zero-order valence-corrected chi connectivity index (χ0v) is 9.86. The quantitative estimate of drug-likeness (QED) is 0.580. The van der Waals surface area contributed by atoms with E-state index >= 15 is 0 Å². The molecule has 0 atom stereocenters. The van der Waals surface area contributed by atoms with Gasteiger partial charge in [-0.1, -0.05) is 0 Å². The molecule has 8 nitrogen and oxygen atoms in total. The molecule has 1 rings (SSSR count). The fourth-order valence-electron chi connectivity index (χ4n) is 1.28. The van der Waals surface area contributed by atoms with Gasteiger partial charge in [0.1, 0.15) is 0 Å². The van der Waals surface area contributed by atoms with Gasteiger partial charge in [-0.2, -0.15) is 0 Å². The molecule has 0 radical (unpaired) electrons. The summed E-state index contributed by atoms with van der Waals surface area (Å²) in [6, 6.07) is 3.05. The van der Waals surface area contributed by atoms with E-state index < -0.39 is 23.8 Å². The number of rotatable bonds is 5. The van der Waals surface area contributed by atoms with Crippen LogP contribution in [0.25, 0.3) is 0 Å². The van der Waals surface area contributed by atoms with E-state index in [1.165, 1.54) is 0 Å². The number of carboxylic acids is 3. The lowest BCUT2D eigenvalue weighted by molar-refractivity contribution is -0.131. The molecule has 0 aromatic heterocycles. The first-order valence-corrected chi connectivity index (χ1v) is 5.13. The average Bonchev–Trinajstić information content (AvgIpc) is 2.35. The number of amides is 1. The number of hydrogen-bond donors (Lipinski definition) is 4. The zero-order valence-electron chi connectivity index (χ0n) is 9.86. The molecule has 0 aliphatic heterocycles. The number of carbonyl (C=O) groups excluding carboxylic acids is 1. The van der Waals surface area contributed by atoms with Crippen LogP contribution in [0.2, 0.25) is 0 Å². The lowest BCUT2D eigenvalue weighted by Gasteiger charge is -2.05. The van der Waals surface area contributed by atoms with Crippen LogP contribution in [-0.4, -0.2) is 39.1 Å². The van der Waals surface area contributed by atoms with Gasteiger partial charge in [-0.3, -0.25) is 4.79 Å². The SMILES string of the molecule is O=C(O)C=CC(=O)Nc1cc(C(=O)O)cc(C(=O)O)c1. The largest absolute Gasteiger partial charge is 0.478 e. The molecular weight excluding hydrogens is 270 g/mol. The smallest absolute Gasteiger partial charge is 0.335 e. The molecule has 0 spiro atoms. The third-order valence-corrected chi connectivity index (χ3v) is 2.07. The fraction of sp³-hybridized carbons (Fsp3) is 0. The number of hydrogen-bond acceptors (Lipinski definition) is 4. The molecule has 20 heavy (non-hydrogen) atoms. The highest BCUT2D eigenvalue weighted by Crippen LogP contribution is 2.15. The van der Waals surface area contributed by atoms with E-state index in [2.05, 4.69) is 5.32 Å². The Morgan fingerprint density at radius 3 is 1.75 bits per heavy atom. The van der Waals surface area contributed by atoms with Gasteiger partial charge in [-0.05, 0) is 18.2 Å². The summed E-state index contributed by atoms with van der Waals surface area (Å²) in [5.74, 6) is -4.87. The van der Waals surface area contributed by atoms with Gasteiger partial charge in [0.15, 0.2) is 0 Å². The summed E-state index contributed by atoms with van der Waals surface area (Å²) in [7, 11) is 0. The highest BCUT2D eigenvalue weighted by Gasteiger charge is 2.12. The highest BCUT2D eigenvalue weighted by atomic mass is 16.4. The molecule has 0 aliphatic carbocycles. The number of anilines is 1. The Hall–Kier alpha value is -3.16. The van der Waals surface area contributed by atoms with E-state index in [1.54, 1.807) is 0 Å². The van der Waals surface area contributed by atoms with E-state index in [0.29, 0.717) is 6.08 Å². The molecule has 0 heterocycles. The Bertz CT molecular complexity index is 586. The maximum atomic E-state index is 11.3. The Morgan fingerprint density at radius 1 is 0.850 bits per heavy atom. The third kappa shape index (κ3) is 4.26. The summed E-state index contributed by atoms with van der Waals surface area (Å²) in [4.78, 5) is 43.2. The number of nitrogens with one attached hydrogen (secondary N) is 1. The average molecular weight is 279 g/mol. The maximum Gasteiger partial charge on any atom is 0.335 e. The maximum absolute atomic E-state index is 11.3. The van der Waals surface area contributed by atoms with Crippen molar-refractivity contribution in [2.45, 2.75) is 0 Å². The summed E-state index contributed by atoms with van der Waals surface area (Å²) in [5, 5.41) is 28.2. The molecule has 0 bridgehead atoms. The molecule has 0 saturated heterocycles. The van der Waals surface area contributed by atoms with Crippen LogP contribution in [0, 0.1) is 0 Å². The summed E-state index contributed by atoms with van der Waals surface area (Å²) in [6.45, 7) is 0. The number of carbonyl (C=O) groups is 4. The van der Waals surface area contributed by atoms with Crippen LogP contribution in [0.15, 0.2) is 30.4 Å². The number of aliphatic carboxylic acids is 1. The molecule has 0 saturated carbocycles. The Balaban J connectivity index is 3.05. The van der Waals surface area contributed by atoms with Gasteiger partial charge in [-0.15, -0.1) is 0 Å². The van der Waals surface area contributed by atoms with Crippen LogP contribution < -0.4 is 5.32 Å². The Labute approximate surface area is 112 Å². The van der Waals surface area contributed by atoms with Crippen LogP contribution in [0.1, 0.15) is 20.7 Å². The van der Waals surface area contributed by atoms with E-state index in [9.17, 15) is 19.2 Å². The van der Waals surface area contributed by atoms with E-state index in [1.807, 2.05) is 0 Å². The summed E-state index contributed by atoms with van der Waals surface area (Å²) >= 11 is 0. The molecule has 0 fully saturated rings. The standard InChI is InChI=1S/C12H9NO7/c14-9(1-2-10(15)16)13-8-4-6(11(17)18)3-7(5-8)12(19)20/h1-5H,(H,13,14)(H,15,16)(H,17,18)(H,19,20). The van der Waals surface area contributed by atoms with Gasteiger partial charge in [0.25, 0.3) is 0 Å². The molecule has 1 aromatic rings. The third-order valence-electron chi connectivity index (χ3n) is 2.07. The van der Waals surface area contributed by atoms with Gasteiger partial charge in [0, 0.05) is 17.8 Å². The fourth-order valence-corrected chi connectivity index (χ4v) is 1.28. The number of benzene rings is 1. The second-order valence-corrected chi connectivity index (χ2v) is 3.57. The first-order chi connectivity index (χ1) is 9.29. The molecule has 1 aromatic carbocycles. The van der Waals surface area contributed by atoms with Crippen molar-refractivity contribution < 1.29 is 34.5 Å². The topological polar surface area (TPSA) is 141 Å². The van der Waals surface area contributed by atoms with Crippen LogP contribution in [0.4, 0.5) is 5.69 Å². The van der Waals surface area contributed by atoms with Crippen molar-refractivity contribution in [2.75, 3.05) is 5.32 Å². The molecular formula is C12H9NO7. The molecule has 0 unspecified atom stereocenters. The van der Waals surface area contributed by atoms with Crippen molar-refractivity contribution in [1.29, 1.82) is 0 Å². The number of carboxylic acid groups (broad SMARTS) is 3. The normalized spacial score (nSPS) is 10.2. The van der Waals surface area contributed by atoms with Crippen molar-refractivity contribution in [2.24, 2.45) is 0 Å². The Morgan fingerprint density at radius 2 is 1.35 bits per heavy atom. The Kier molecular flexibility index (Phi) is 4.57. The van der Waals surface area contributed by atoms with Crippen molar-refractivity contribution in [3.63, 3.8) is 0 Å². The molecule has 8 heteroatoms. The minimum absolute atomic E-state index is 0.0673. The van der Waals surface area contributed by atoms with Crippen molar-refractivity contribution >= 4 is 29.5 Å². The lowest BCUT2D eigenvalue weighted by Crippen LogP contribution is -2.11. The summed E-state index contributed by atoms with van der Waals surface area (Å²) < 4.78 is 0. The zero-order chi connectivity index (χ0) is 15.3. The van der Waals surface area contributed by atoms with Gasteiger partial charge in [0.05, 0.1) is 11.1 Å². The van der Waals surface area contributed by atoms with Crippen molar-refractivity contribution in [3.05, 3.63) is 41.5 Å². The van der Waals surface area contributed by atoms with Crippen molar-refractivity contribution in [1.82, 2.24) is 0 Å². The monoisotopic (exact) mass is 279 g/mol. The van der Waals surface area contributed by atoms with Crippen LogP contribution >= 0.6 is 0 Å². The van der Waals surface area contributed by atoms with Crippen molar-refractivity contribution in [3.8, 4) is 0 Å². The van der Waals surface area contributed by atoms with E-state index in [4.69, 9.17) is 15.3 Å². The minimum Gasteiger partial charge on any atom is -0.478 e. The molecule has 4 N–H and O–H groups in total. The van der Waals surface area contributed by atoms with Gasteiger partial charge in [-0.25, -0.2) is 14.4 Å². The van der Waals surface area contributed by atoms with E-state index in [0.717, 1.165) is 24.3 Å². The first kappa shape index (κ1) is 14.9. The molecule has 0 aliphatic rings. The molecule has 104 valence electrons. The highest BCUT2D eigenvalue weighted by molar-refractivity contribution is 6.04. The van der Waals surface area contributed by atoms with Crippen LogP contribution in [0.3, 0.4) is 0 Å². The summed E-state index contributed by atoms with van der Waals surface area (Å²) in [5.41, 5.74) is -0.702. The van der Waals surface area contributed by atoms with Gasteiger partial charge < -0.3 is 20.6 Å². The number of aromatic carboxylic acids is 2. The minimum atomic E-state index is -1.36. The second kappa shape index (κ2) is 6.14. The van der Waals surface area contributed by atoms with Crippen LogP contribution in [-0.2, 0) is 9.59 Å². The summed E-state index contributed by atoms with van der Waals surface area (Å²) in [6.07, 6.45) is 1.31. The predicted molar refractivity (Wildman–Crippen MR) is 65.8 cm³/mol. The van der Waals surface area contributed by atoms with Gasteiger partial charge in [0.2, 0.25) is 5.91 Å². The first-order valence-electron chi connectivity index (χ1n) is 5.13.